The number of rotatable bonds is 8. The molecule has 7 aromatic rings. The van der Waals surface area contributed by atoms with E-state index in [0.29, 0.717) is 38.5 Å². The van der Waals surface area contributed by atoms with Crippen molar-refractivity contribution in [3.63, 3.8) is 0 Å². The van der Waals surface area contributed by atoms with Crippen LogP contribution in [-0.4, -0.2) is 43.7 Å². The summed E-state index contributed by atoms with van der Waals surface area (Å²) < 4.78 is 65.7. The number of amides is 3. The van der Waals surface area contributed by atoms with Gasteiger partial charge in [-0.3, -0.25) is 23.5 Å². The summed E-state index contributed by atoms with van der Waals surface area (Å²) in [6.07, 6.45) is 0. The second kappa shape index (κ2) is 13.6. The molecule has 0 radical (unpaired) electrons. The highest BCUT2D eigenvalue weighted by molar-refractivity contribution is 7.86. The van der Waals surface area contributed by atoms with E-state index in [4.69, 9.17) is 0 Å². The Morgan fingerprint density at radius 3 is 1.40 bits per heavy atom. The van der Waals surface area contributed by atoms with Crippen molar-refractivity contribution in [2.75, 3.05) is 16.0 Å². The van der Waals surface area contributed by atoms with Gasteiger partial charge in [-0.25, -0.2) is 0 Å². The van der Waals surface area contributed by atoms with Crippen LogP contribution in [0.3, 0.4) is 0 Å². The standard InChI is InChI=1S/C39H27N3O9S2/c43-37(27-12-11-23-5-1-2-6-24(23)17-27)40-30-19-28(38(44)41-35-9-3-7-25-21-31(52(46,47)48)13-15-33(25)35)18-29(20-30)39(45)42-36-10-4-8-26-22-32(53(49,50)51)14-16-34(26)36/h1-22H,(H,40,43)(H,41,44)(H,42,45)(H,46,47,48)(H,49,50,51). The SMILES string of the molecule is O=C(Nc1cc(C(=O)Nc2cccc3cc(S(=O)(=O)O)ccc23)cc(C(=O)Nc2cccc3cc(S(=O)(=O)O)ccc23)c1)c1ccc2ccccc2c1. The van der Waals surface area contributed by atoms with Crippen LogP contribution in [-0.2, 0) is 20.2 Å². The number of benzene rings is 7. The summed E-state index contributed by atoms with van der Waals surface area (Å²) in [5.41, 5.74) is 1.08. The average Bonchev–Trinajstić information content (AvgIpc) is 3.13. The highest BCUT2D eigenvalue weighted by Gasteiger charge is 2.19. The third kappa shape index (κ3) is 7.47. The second-order valence-electron chi connectivity index (χ2n) is 12.1. The van der Waals surface area contributed by atoms with Gasteiger partial charge in [0.25, 0.3) is 38.0 Å². The zero-order valence-electron chi connectivity index (χ0n) is 27.3. The Kier molecular flexibility index (Phi) is 8.97. The van der Waals surface area contributed by atoms with Crippen molar-refractivity contribution in [3.05, 3.63) is 150 Å². The number of carbonyl (C=O) groups is 3. The molecule has 0 atom stereocenters. The third-order valence-electron chi connectivity index (χ3n) is 8.52. The first-order chi connectivity index (χ1) is 25.2. The molecule has 0 aliphatic heterocycles. The lowest BCUT2D eigenvalue weighted by Gasteiger charge is -2.14. The maximum atomic E-state index is 13.8. The Morgan fingerprint density at radius 2 is 0.887 bits per heavy atom. The van der Waals surface area contributed by atoms with Crippen LogP contribution >= 0.6 is 0 Å². The van der Waals surface area contributed by atoms with Gasteiger partial charge in [0.05, 0.1) is 9.79 Å². The smallest absolute Gasteiger partial charge is 0.294 e. The first-order valence-electron chi connectivity index (χ1n) is 15.8. The third-order valence-corrected chi connectivity index (χ3v) is 10.2. The fraction of sp³-hybridized carbons (Fsp3) is 0. The van der Waals surface area contributed by atoms with Gasteiger partial charge in [-0.2, -0.15) is 16.8 Å². The van der Waals surface area contributed by atoms with E-state index in [1.165, 1.54) is 54.6 Å². The summed E-state index contributed by atoms with van der Waals surface area (Å²) in [6, 6.07) is 34.3. The Hall–Kier alpha value is -6.45. The van der Waals surface area contributed by atoms with Gasteiger partial charge in [-0.1, -0.05) is 66.7 Å². The van der Waals surface area contributed by atoms with Crippen molar-refractivity contribution in [2.45, 2.75) is 9.79 Å². The van der Waals surface area contributed by atoms with E-state index < -0.39 is 38.0 Å². The topological polar surface area (TPSA) is 196 Å². The molecule has 53 heavy (non-hydrogen) atoms. The molecule has 264 valence electrons. The Labute approximate surface area is 302 Å². The van der Waals surface area contributed by atoms with Gasteiger partial charge in [-0.05, 0) is 88.3 Å². The minimum absolute atomic E-state index is 0.00580. The Balaban J connectivity index is 1.24. The molecule has 7 aromatic carbocycles. The molecule has 0 aliphatic rings. The van der Waals surface area contributed by atoms with Crippen molar-refractivity contribution >= 4 is 87.3 Å². The highest BCUT2D eigenvalue weighted by Crippen LogP contribution is 2.29. The zero-order valence-corrected chi connectivity index (χ0v) is 28.9. The molecule has 0 saturated carbocycles. The fourth-order valence-electron chi connectivity index (χ4n) is 5.95. The highest BCUT2D eigenvalue weighted by atomic mass is 32.2. The van der Waals surface area contributed by atoms with Crippen LogP contribution in [0.2, 0.25) is 0 Å². The molecule has 0 unspecified atom stereocenters. The number of nitrogens with one attached hydrogen (secondary N) is 3. The van der Waals surface area contributed by atoms with E-state index in [9.17, 15) is 40.3 Å². The summed E-state index contributed by atoms with van der Waals surface area (Å²) in [6.45, 7) is 0. The Morgan fingerprint density at radius 1 is 0.415 bits per heavy atom. The van der Waals surface area contributed by atoms with Gasteiger partial charge in [0.15, 0.2) is 0 Å². The Bertz CT molecular complexity index is 2750. The molecule has 0 saturated heterocycles. The molecule has 0 aromatic heterocycles. The van der Waals surface area contributed by atoms with Gasteiger partial charge in [0.1, 0.15) is 0 Å². The molecule has 0 fully saturated rings. The zero-order chi connectivity index (χ0) is 37.5. The van der Waals surface area contributed by atoms with E-state index in [2.05, 4.69) is 16.0 Å². The van der Waals surface area contributed by atoms with Gasteiger partial charge in [0.2, 0.25) is 0 Å². The van der Waals surface area contributed by atoms with Crippen molar-refractivity contribution in [1.29, 1.82) is 0 Å². The monoisotopic (exact) mass is 745 g/mol. The second-order valence-corrected chi connectivity index (χ2v) is 14.9. The summed E-state index contributed by atoms with van der Waals surface area (Å²) >= 11 is 0. The molecule has 0 aliphatic carbocycles. The maximum Gasteiger partial charge on any atom is 0.294 e. The molecule has 5 N–H and O–H groups in total. The van der Waals surface area contributed by atoms with Crippen molar-refractivity contribution < 1.29 is 40.3 Å². The average molecular weight is 746 g/mol. The predicted molar refractivity (Wildman–Crippen MR) is 202 cm³/mol. The molecule has 3 amide bonds. The summed E-state index contributed by atoms with van der Waals surface area (Å²) in [7, 11) is -8.94. The molecule has 0 spiro atoms. The lowest BCUT2D eigenvalue weighted by Crippen LogP contribution is -2.18. The summed E-state index contributed by atoms with van der Waals surface area (Å²) in [5.74, 6) is -1.81. The lowest BCUT2D eigenvalue weighted by atomic mass is 10.0. The largest absolute Gasteiger partial charge is 0.322 e. The van der Waals surface area contributed by atoms with E-state index in [-0.39, 0.29) is 26.6 Å². The predicted octanol–water partition coefficient (Wildman–Crippen LogP) is 7.40. The molecule has 12 nitrogen and oxygen atoms in total. The molecule has 14 heteroatoms. The van der Waals surface area contributed by atoms with Gasteiger partial charge in [-0.15, -0.1) is 0 Å². The van der Waals surface area contributed by atoms with E-state index >= 15 is 0 Å². The van der Waals surface area contributed by atoms with E-state index in [1.54, 1.807) is 54.6 Å². The normalized spacial score (nSPS) is 11.7. The van der Waals surface area contributed by atoms with Crippen LogP contribution in [0.4, 0.5) is 17.1 Å². The number of anilines is 3. The summed E-state index contributed by atoms with van der Waals surface area (Å²) in [4.78, 5) is 40.4. The number of carbonyl (C=O) groups excluding carboxylic acids is 3. The van der Waals surface area contributed by atoms with Crippen molar-refractivity contribution in [1.82, 2.24) is 0 Å². The van der Waals surface area contributed by atoms with Gasteiger partial charge < -0.3 is 16.0 Å². The van der Waals surface area contributed by atoms with E-state index in [0.717, 1.165) is 10.8 Å². The van der Waals surface area contributed by atoms with Crippen molar-refractivity contribution in [2.24, 2.45) is 0 Å². The fourth-order valence-corrected chi connectivity index (χ4v) is 6.98. The first-order valence-corrected chi connectivity index (χ1v) is 18.7. The van der Waals surface area contributed by atoms with Crippen LogP contribution < -0.4 is 16.0 Å². The minimum Gasteiger partial charge on any atom is -0.322 e. The maximum absolute atomic E-state index is 13.8. The van der Waals surface area contributed by atoms with Gasteiger partial charge >= 0.3 is 0 Å². The lowest BCUT2D eigenvalue weighted by molar-refractivity contribution is 0.101. The van der Waals surface area contributed by atoms with Crippen LogP contribution in [0.1, 0.15) is 31.1 Å². The summed E-state index contributed by atoms with van der Waals surface area (Å²) in [5, 5.41) is 11.9. The minimum atomic E-state index is -4.47. The number of hydrogen-bond donors (Lipinski definition) is 5. The van der Waals surface area contributed by atoms with Crippen LogP contribution in [0.15, 0.2) is 143 Å². The first kappa shape index (κ1) is 35.0. The van der Waals surface area contributed by atoms with Crippen LogP contribution in [0, 0.1) is 0 Å². The molecule has 7 rings (SSSR count). The van der Waals surface area contributed by atoms with Gasteiger partial charge in [0, 0.05) is 44.5 Å². The van der Waals surface area contributed by atoms with E-state index in [1.807, 2.05) is 24.3 Å². The molecular formula is C39H27N3O9S2. The number of hydrogen-bond acceptors (Lipinski definition) is 7. The van der Waals surface area contributed by atoms with Crippen molar-refractivity contribution in [3.8, 4) is 0 Å². The number of fused-ring (bicyclic) bond motifs is 3. The molecule has 0 heterocycles. The molecular weight excluding hydrogens is 719 g/mol. The van der Waals surface area contributed by atoms with Crippen LogP contribution in [0.5, 0.6) is 0 Å². The molecule has 0 bridgehead atoms. The van der Waals surface area contributed by atoms with Crippen LogP contribution in [0.25, 0.3) is 32.3 Å². The quantitative estimate of drug-likeness (QED) is 0.0985.